The monoisotopic (exact) mass is 109 g/mol. The van der Waals surface area contributed by atoms with Crippen LogP contribution in [0.15, 0.2) is 17.1 Å². The van der Waals surface area contributed by atoms with Gasteiger partial charge in [0.15, 0.2) is 0 Å². The van der Waals surface area contributed by atoms with Gasteiger partial charge in [-0.05, 0) is 12.0 Å². The molecule has 1 heterocycles. The standard InChI is InChI=1S/C7H11N/c1-6(2)7-4-3-5-8-7/h3-4,6H,5H2,1-2H3. The number of aliphatic imine (C=N–C) groups is 1. The highest BCUT2D eigenvalue weighted by molar-refractivity contribution is 5.97. The maximum Gasteiger partial charge on any atom is 0.0577 e. The molecule has 8 heavy (non-hydrogen) atoms. The molecule has 0 bridgehead atoms. The molecule has 0 unspecified atom stereocenters. The largest absolute Gasteiger partial charge is 0.285 e. The Balaban J connectivity index is 2.58. The quantitative estimate of drug-likeness (QED) is 0.485. The van der Waals surface area contributed by atoms with Crippen molar-refractivity contribution in [3.63, 3.8) is 0 Å². The Morgan fingerprint density at radius 1 is 1.62 bits per heavy atom. The van der Waals surface area contributed by atoms with E-state index in [0.717, 1.165) is 6.54 Å². The van der Waals surface area contributed by atoms with Crippen molar-refractivity contribution in [3.05, 3.63) is 12.2 Å². The van der Waals surface area contributed by atoms with Gasteiger partial charge in [-0.1, -0.05) is 19.9 Å². The first-order chi connectivity index (χ1) is 3.80. The van der Waals surface area contributed by atoms with Crippen LogP contribution in [0.1, 0.15) is 13.8 Å². The summed E-state index contributed by atoms with van der Waals surface area (Å²) in [6, 6.07) is 0. The molecule has 0 amide bonds. The second-order valence-electron chi connectivity index (χ2n) is 2.32. The molecule has 44 valence electrons. The molecule has 1 nitrogen and oxygen atoms in total. The van der Waals surface area contributed by atoms with Gasteiger partial charge in [-0.25, -0.2) is 0 Å². The molecule has 0 radical (unpaired) electrons. The van der Waals surface area contributed by atoms with Crippen molar-refractivity contribution < 1.29 is 0 Å². The molecule has 1 heteroatoms. The Labute approximate surface area is 50.1 Å². The summed E-state index contributed by atoms with van der Waals surface area (Å²) >= 11 is 0. The summed E-state index contributed by atoms with van der Waals surface area (Å²) in [6.07, 6.45) is 4.19. The van der Waals surface area contributed by atoms with Gasteiger partial charge in [-0.3, -0.25) is 4.99 Å². The molecule has 0 aromatic rings. The number of rotatable bonds is 1. The summed E-state index contributed by atoms with van der Waals surface area (Å²) in [5.74, 6) is 0.605. The van der Waals surface area contributed by atoms with Crippen LogP contribution < -0.4 is 0 Å². The fourth-order valence-corrected chi connectivity index (χ4v) is 0.759. The highest BCUT2D eigenvalue weighted by Gasteiger charge is 2.02. The summed E-state index contributed by atoms with van der Waals surface area (Å²) < 4.78 is 0. The maximum absolute atomic E-state index is 4.24. The Morgan fingerprint density at radius 2 is 2.38 bits per heavy atom. The molecule has 0 saturated carbocycles. The molecule has 0 N–H and O–H groups in total. The Hall–Kier alpha value is -0.590. The van der Waals surface area contributed by atoms with Crippen molar-refractivity contribution in [2.75, 3.05) is 6.54 Å². The summed E-state index contributed by atoms with van der Waals surface area (Å²) in [4.78, 5) is 4.24. The van der Waals surface area contributed by atoms with Gasteiger partial charge in [0.05, 0.1) is 6.54 Å². The summed E-state index contributed by atoms with van der Waals surface area (Å²) in [5.41, 5.74) is 1.24. The van der Waals surface area contributed by atoms with Crippen molar-refractivity contribution in [2.24, 2.45) is 10.9 Å². The van der Waals surface area contributed by atoms with Gasteiger partial charge in [0.2, 0.25) is 0 Å². The van der Waals surface area contributed by atoms with Crippen molar-refractivity contribution in [1.82, 2.24) is 0 Å². The van der Waals surface area contributed by atoms with Crippen LogP contribution in [-0.2, 0) is 0 Å². The van der Waals surface area contributed by atoms with E-state index in [2.05, 4.69) is 31.0 Å². The van der Waals surface area contributed by atoms with Gasteiger partial charge in [0.25, 0.3) is 0 Å². The van der Waals surface area contributed by atoms with E-state index in [4.69, 9.17) is 0 Å². The number of allylic oxidation sites excluding steroid dienone is 1. The van der Waals surface area contributed by atoms with Crippen LogP contribution in [0.3, 0.4) is 0 Å². The highest BCUT2D eigenvalue weighted by atomic mass is 14.7. The van der Waals surface area contributed by atoms with E-state index in [0.29, 0.717) is 5.92 Å². The third-order valence-electron chi connectivity index (χ3n) is 1.26. The lowest BCUT2D eigenvalue weighted by Crippen LogP contribution is -2.00. The zero-order chi connectivity index (χ0) is 5.98. The van der Waals surface area contributed by atoms with E-state index < -0.39 is 0 Å². The number of hydrogen-bond donors (Lipinski definition) is 0. The minimum absolute atomic E-state index is 0.605. The van der Waals surface area contributed by atoms with Gasteiger partial charge in [0, 0.05) is 5.71 Å². The predicted octanol–water partition coefficient (Wildman–Crippen LogP) is 1.65. The molecule has 1 aliphatic rings. The average molecular weight is 109 g/mol. The molecular formula is C7H11N. The van der Waals surface area contributed by atoms with E-state index in [1.165, 1.54) is 5.71 Å². The highest BCUT2D eigenvalue weighted by Crippen LogP contribution is 2.03. The SMILES string of the molecule is CC(C)C1=NCC=C1. The van der Waals surface area contributed by atoms with Crippen LogP contribution in [0.5, 0.6) is 0 Å². The Morgan fingerprint density at radius 3 is 2.62 bits per heavy atom. The molecule has 0 saturated heterocycles. The van der Waals surface area contributed by atoms with Crippen LogP contribution in [0.2, 0.25) is 0 Å². The average Bonchev–Trinajstić information content (AvgIpc) is 2.12. The van der Waals surface area contributed by atoms with Gasteiger partial charge < -0.3 is 0 Å². The predicted molar refractivity (Wildman–Crippen MR) is 36.3 cm³/mol. The summed E-state index contributed by atoms with van der Waals surface area (Å²) in [7, 11) is 0. The summed E-state index contributed by atoms with van der Waals surface area (Å²) in [6.45, 7) is 5.22. The van der Waals surface area contributed by atoms with Crippen molar-refractivity contribution >= 4 is 5.71 Å². The van der Waals surface area contributed by atoms with Crippen LogP contribution in [0, 0.1) is 5.92 Å². The first kappa shape index (κ1) is 5.54. The second kappa shape index (κ2) is 2.12. The van der Waals surface area contributed by atoms with Gasteiger partial charge in [-0.2, -0.15) is 0 Å². The third kappa shape index (κ3) is 0.971. The van der Waals surface area contributed by atoms with Crippen molar-refractivity contribution in [3.8, 4) is 0 Å². The molecule has 0 atom stereocenters. The zero-order valence-electron chi connectivity index (χ0n) is 5.39. The molecule has 0 spiro atoms. The van der Waals surface area contributed by atoms with Crippen molar-refractivity contribution in [1.29, 1.82) is 0 Å². The van der Waals surface area contributed by atoms with Crippen LogP contribution in [-0.4, -0.2) is 12.3 Å². The second-order valence-corrected chi connectivity index (χ2v) is 2.32. The lowest BCUT2D eigenvalue weighted by molar-refractivity contribution is 0.887. The smallest absolute Gasteiger partial charge is 0.0577 e. The molecule has 0 aromatic carbocycles. The normalized spacial score (nSPS) is 17.6. The molecular weight excluding hydrogens is 98.1 g/mol. The Bertz CT molecular complexity index is 131. The number of nitrogens with zero attached hydrogens (tertiary/aromatic N) is 1. The van der Waals surface area contributed by atoms with Gasteiger partial charge >= 0.3 is 0 Å². The fraction of sp³-hybridized carbons (Fsp3) is 0.571. The topological polar surface area (TPSA) is 12.4 Å². The summed E-state index contributed by atoms with van der Waals surface area (Å²) in [5, 5.41) is 0. The first-order valence-corrected chi connectivity index (χ1v) is 3.01. The molecule has 0 aliphatic carbocycles. The van der Waals surface area contributed by atoms with Gasteiger partial charge in [-0.15, -0.1) is 0 Å². The van der Waals surface area contributed by atoms with E-state index in [-0.39, 0.29) is 0 Å². The molecule has 0 aromatic heterocycles. The minimum Gasteiger partial charge on any atom is -0.285 e. The van der Waals surface area contributed by atoms with Crippen LogP contribution in [0.25, 0.3) is 0 Å². The van der Waals surface area contributed by atoms with Crippen LogP contribution >= 0.6 is 0 Å². The fourth-order valence-electron chi connectivity index (χ4n) is 0.759. The van der Waals surface area contributed by atoms with E-state index in [9.17, 15) is 0 Å². The van der Waals surface area contributed by atoms with Crippen molar-refractivity contribution in [2.45, 2.75) is 13.8 Å². The molecule has 0 fully saturated rings. The van der Waals surface area contributed by atoms with E-state index >= 15 is 0 Å². The van der Waals surface area contributed by atoms with E-state index in [1.807, 2.05) is 0 Å². The lowest BCUT2D eigenvalue weighted by Gasteiger charge is -1.98. The minimum atomic E-state index is 0.605. The molecule has 1 rings (SSSR count). The zero-order valence-corrected chi connectivity index (χ0v) is 5.39. The lowest BCUT2D eigenvalue weighted by atomic mass is 10.1. The first-order valence-electron chi connectivity index (χ1n) is 3.01. The van der Waals surface area contributed by atoms with E-state index in [1.54, 1.807) is 0 Å². The molecule has 1 aliphatic heterocycles. The van der Waals surface area contributed by atoms with Crippen LogP contribution in [0.4, 0.5) is 0 Å². The van der Waals surface area contributed by atoms with Gasteiger partial charge in [0.1, 0.15) is 0 Å². The third-order valence-corrected chi connectivity index (χ3v) is 1.26. The maximum atomic E-state index is 4.24. The Kier molecular flexibility index (Phi) is 1.47. The number of hydrogen-bond acceptors (Lipinski definition) is 1.